The summed E-state index contributed by atoms with van der Waals surface area (Å²) in [5.74, 6) is -2.02. The zero-order chi connectivity index (χ0) is 11.3. The van der Waals surface area contributed by atoms with Crippen LogP contribution >= 0.6 is 12.6 Å². The lowest BCUT2D eigenvalue weighted by atomic mass is 10.2. The molecule has 0 aromatic carbocycles. The molecular weight excluding hydrogens is 206 g/mol. The Bertz CT molecular complexity index is 240. The number of nitrogens with zero attached hydrogens (tertiary/aromatic N) is 1. The van der Waals surface area contributed by atoms with Gasteiger partial charge in [-0.15, -0.1) is 0 Å². The molecule has 0 aromatic heterocycles. The van der Waals surface area contributed by atoms with Crippen LogP contribution in [0, 0.1) is 0 Å². The van der Waals surface area contributed by atoms with Crippen molar-refractivity contribution in [2.75, 3.05) is 5.75 Å². The lowest BCUT2D eigenvalue weighted by Gasteiger charge is -2.24. The first-order chi connectivity index (χ1) is 6.41. The Morgan fingerprint density at radius 1 is 1.29 bits per heavy atom. The van der Waals surface area contributed by atoms with E-state index in [0.29, 0.717) is 5.75 Å². The van der Waals surface area contributed by atoms with E-state index in [2.05, 4.69) is 12.6 Å². The molecule has 0 heterocycles. The summed E-state index contributed by atoms with van der Waals surface area (Å²) in [5, 5.41) is 8.79. The van der Waals surface area contributed by atoms with Crippen LogP contribution in [0.25, 0.3) is 0 Å². The second kappa shape index (κ2) is 5.64. The minimum atomic E-state index is -1.19. The van der Waals surface area contributed by atoms with Gasteiger partial charge in [0.25, 0.3) is 0 Å². The third-order valence-electron chi connectivity index (χ3n) is 1.68. The fourth-order valence-electron chi connectivity index (χ4n) is 1.15. The Balaban J connectivity index is 4.82. The molecule has 0 rings (SSSR count). The maximum Gasteiger partial charge on any atom is 0.326 e. The van der Waals surface area contributed by atoms with Gasteiger partial charge in [-0.2, -0.15) is 12.6 Å². The monoisotopic (exact) mass is 219 g/mol. The van der Waals surface area contributed by atoms with Crippen LogP contribution in [0.3, 0.4) is 0 Å². The molecule has 0 bridgehead atoms. The molecule has 0 aliphatic rings. The van der Waals surface area contributed by atoms with Gasteiger partial charge in [0.2, 0.25) is 11.8 Å². The highest BCUT2D eigenvalue weighted by Gasteiger charge is 2.29. The van der Waals surface area contributed by atoms with Gasteiger partial charge in [0.15, 0.2) is 0 Å². The van der Waals surface area contributed by atoms with Crippen molar-refractivity contribution in [1.82, 2.24) is 4.90 Å². The van der Waals surface area contributed by atoms with Gasteiger partial charge in [-0.3, -0.25) is 14.5 Å². The Morgan fingerprint density at radius 2 is 1.71 bits per heavy atom. The molecule has 0 fully saturated rings. The summed E-state index contributed by atoms with van der Waals surface area (Å²) >= 11 is 3.87. The zero-order valence-corrected chi connectivity index (χ0v) is 8.95. The average molecular weight is 219 g/mol. The SMILES string of the molecule is CC(=O)N(C(C)=O)[C@@H](CCS)C(=O)O. The number of thiol groups is 1. The fourth-order valence-corrected chi connectivity index (χ4v) is 1.39. The summed E-state index contributed by atoms with van der Waals surface area (Å²) in [7, 11) is 0. The number of hydrogen-bond acceptors (Lipinski definition) is 4. The van der Waals surface area contributed by atoms with Gasteiger partial charge in [0.1, 0.15) is 6.04 Å². The molecular formula is C8H13NO4S. The Morgan fingerprint density at radius 3 is 1.93 bits per heavy atom. The number of imide groups is 1. The zero-order valence-electron chi connectivity index (χ0n) is 8.06. The first-order valence-corrected chi connectivity index (χ1v) is 4.69. The van der Waals surface area contributed by atoms with Crippen molar-refractivity contribution in [3.63, 3.8) is 0 Å². The van der Waals surface area contributed by atoms with Crippen molar-refractivity contribution in [2.45, 2.75) is 26.3 Å². The first-order valence-electron chi connectivity index (χ1n) is 4.05. The quantitative estimate of drug-likeness (QED) is 0.660. The van der Waals surface area contributed by atoms with Gasteiger partial charge >= 0.3 is 5.97 Å². The van der Waals surface area contributed by atoms with E-state index in [9.17, 15) is 14.4 Å². The van der Waals surface area contributed by atoms with Crippen LogP contribution in [-0.2, 0) is 14.4 Å². The molecule has 6 heteroatoms. The van der Waals surface area contributed by atoms with Gasteiger partial charge in [-0.25, -0.2) is 4.79 Å². The second-order valence-electron chi connectivity index (χ2n) is 2.77. The molecule has 0 spiro atoms. The van der Waals surface area contributed by atoms with Crippen LogP contribution in [-0.4, -0.2) is 39.6 Å². The molecule has 0 aliphatic heterocycles. The molecule has 0 aliphatic carbocycles. The van der Waals surface area contributed by atoms with Crippen molar-refractivity contribution in [3.8, 4) is 0 Å². The lowest BCUT2D eigenvalue weighted by molar-refractivity contribution is -0.156. The van der Waals surface area contributed by atoms with E-state index < -0.39 is 23.8 Å². The number of hydrogen-bond donors (Lipinski definition) is 2. The highest BCUT2D eigenvalue weighted by Crippen LogP contribution is 2.07. The summed E-state index contributed by atoms with van der Waals surface area (Å²) in [4.78, 5) is 33.5. The van der Waals surface area contributed by atoms with Gasteiger partial charge in [0.05, 0.1) is 0 Å². The maximum atomic E-state index is 11.0. The molecule has 0 radical (unpaired) electrons. The molecule has 0 aromatic rings. The predicted octanol–water partition coefficient (Wildman–Crippen LogP) is 0.155. The largest absolute Gasteiger partial charge is 0.480 e. The van der Waals surface area contributed by atoms with Crippen molar-refractivity contribution >= 4 is 30.4 Å². The highest BCUT2D eigenvalue weighted by atomic mass is 32.1. The fraction of sp³-hybridized carbons (Fsp3) is 0.625. The number of carbonyl (C=O) groups is 3. The highest BCUT2D eigenvalue weighted by molar-refractivity contribution is 7.80. The molecule has 5 nitrogen and oxygen atoms in total. The molecule has 80 valence electrons. The maximum absolute atomic E-state index is 11.0. The van der Waals surface area contributed by atoms with Gasteiger partial charge < -0.3 is 5.11 Å². The number of carboxylic acid groups (broad SMARTS) is 1. The van der Waals surface area contributed by atoms with Crippen LogP contribution in [0.2, 0.25) is 0 Å². The number of rotatable bonds is 4. The lowest BCUT2D eigenvalue weighted by Crippen LogP contribution is -2.47. The summed E-state index contributed by atoms with van der Waals surface area (Å²) < 4.78 is 0. The van der Waals surface area contributed by atoms with E-state index in [1.165, 1.54) is 0 Å². The molecule has 0 unspecified atom stereocenters. The molecule has 1 N–H and O–H groups in total. The van der Waals surface area contributed by atoms with E-state index in [1.807, 2.05) is 0 Å². The first kappa shape index (κ1) is 13.0. The van der Waals surface area contributed by atoms with Crippen LogP contribution in [0.5, 0.6) is 0 Å². The van der Waals surface area contributed by atoms with Crippen molar-refractivity contribution in [2.24, 2.45) is 0 Å². The van der Waals surface area contributed by atoms with Crippen molar-refractivity contribution in [1.29, 1.82) is 0 Å². The molecule has 1 atom stereocenters. The van der Waals surface area contributed by atoms with Crippen molar-refractivity contribution in [3.05, 3.63) is 0 Å². The third-order valence-corrected chi connectivity index (χ3v) is 1.94. The molecule has 2 amide bonds. The Labute approximate surface area is 87.5 Å². The van der Waals surface area contributed by atoms with Crippen LogP contribution in [0.1, 0.15) is 20.3 Å². The van der Waals surface area contributed by atoms with Crippen LogP contribution in [0.15, 0.2) is 0 Å². The topological polar surface area (TPSA) is 74.7 Å². The van der Waals surface area contributed by atoms with Crippen molar-refractivity contribution < 1.29 is 19.5 Å². The smallest absolute Gasteiger partial charge is 0.326 e. The summed E-state index contributed by atoms with van der Waals surface area (Å²) in [6.45, 7) is 2.33. The Kier molecular flexibility index (Phi) is 5.22. The number of carboxylic acids is 1. The predicted molar refractivity (Wildman–Crippen MR) is 53.1 cm³/mol. The third kappa shape index (κ3) is 3.37. The molecule has 14 heavy (non-hydrogen) atoms. The van der Waals surface area contributed by atoms with Gasteiger partial charge in [-0.1, -0.05) is 0 Å². The van der Waals surface area contributed by atoms with E-state index in [4.69, 9.17) is 5.11 Å². The van der Waals surface area contributed by atoms with E-state index >= 15 is 0 Å². The average Bonchev–Trinajstić information content (AvgIpc) is 2.01. The summed E-state index contributed by atoms with van der Waals surface area (Å²) in [6, 6.07) is -1.11. The second-order valence-corrected chi connectivity index (χ2v) is 3.22. The molecule has 0 saturated heterocycles. The van der Waals surface area contributed by atoms with E-state index in [0.717, 1.165) is 18.7 Å². The van der Waals surface area contributed by atoms with Crippen LogP contribution in [0.4, 0.5) is 0 Å². The minimum absolute atomic E-state index is 0.150. The van der Waals surface area contributed by atoms with E-state index in [1.54, 1.807) is 0 Å². The normalized spacial score (nSPS) is 11.9. The number of amides is 2. The van der Waals surface area contributed by atoms with Gasteiger partial charge in [-0.05, 0) is 12.2 Å². The van der Waals surface area contributed by atoms with Gasteiger partial charge in [0, 0.05) is 13.8 Å². The minimum Gasteiger partial charge on any atom is -0.480 e. The molecule has 0 saturated carbocycles. The Hall–Kier alpha value is -1.04. The number of aliphatic carboxylic acids is 1. The van der Waals surface area contributed by atoms with E-state index in [-0.39, 0.29) is 6.42 Å². The van der Waals surface area contributed by atoms with Crippen LogP contribution < -0.4 is 0 Å². The standard InChI is InChI=1S/C8H13NO4S/c1-5(10)9(6(2)11)7(3-4-14)8(12)13/h7,14H,3-4H2,1-2H3,(H,12,13)/t7-/m0/s1. The number of carbonyl (C=O) groups excluding carboxylic acids is 2. The summed E-state index contributed by atoms with van der Waals surface area (Å²) in [5.41, 5.74) is 0. The summed E-state index contributed by atoms with van der Waals surface area (Å²) in [6.07, 6.45) is 0.150.